The average Bonchev–Trinajstić information content (AvgIpc) is 2.49. The van der Waals surface area contributed by atoms with E-state index in [1.54, 1.807) is 0 Å². The molecular formula is C19H29NO2. The van der Waals surface area contributed by atoms with Crippen molar-refractivity contribution >= 4 is 0 Å². The standard InChI is InChI=1S/C19H29NO2/c1-6-21-18(22-7-2)12-13-19(14-20,15(3)4)17-11-9-8-10-16(17)5/h8-11,15,18H,6-7,12-13H2,1-5H3. The van der Waals surface area contributed by atoms with Crippen LogP contribution in [0.3, 0.4) is 0 Å². The smallest absolute Gasteiger partial charge is 0.157 e. The number of ether oxygens (including phenoxy) is 2. The Balaban J connectivity index is 3.04. The summed E-state index contributed by atoms with van der Waals surface area (Å²) >= 11 is 0. The third-order valence-corrected chi connectivity index (χ3v) is 4.29. The highest BCUT2D eigenvalue weighted by atomic mass is 16.7. The van der Waals surface area contributed by atoms with Gasteiger partial charge in [0.05, 0.1) is 11.5 Å². The Morgan fingerprint density at radius 2 is 1.73 bits per heavy atom. The Kier molecular flexibility index (Phi) is 7.58. The van der Waals surface area contributed by atoms with Crippen molar-refractivity contribution in [1.82, 2.24) is 0 Å². The van der Waals surface area contributed by atoms with Gasteiger partial charge in [0.25, 0.3) is 0 Å². The Labute approximate surface area is 135 Å². The summed E-state index contributed by atoms with van der Waals surface area (Å²) in [5.41, 5.74) is 1.79. The van der Waals surface area contributed by atoms with Gasteiger partial charge in [-0.2, -0.15) is 5.26 Å². The van der Waals surface area contributed by atoms with Gasteiger partial charge in [-0.3, -0.25) is 0 Å². The topological polar surface area (TPSA) is 42.2 Å². The lowest BCUT2D eigenvalue weighted by Gasteiger charge is -2.34. The van der Waals surface area contributed by atoms with Crippen molar-refractivity contribution in [1.29, 1.82) is 5.26 Å². The van der Waals surface area contributed by atoms with Crippen LogP contribution < -0.4 is 0 Å². The van der Waals surface area contributed by atoms with Crippen LogP contribution in [0.1, 0.15) is 51.7 Å². The van der Waals surface area contributed by atoms with Gasteiger partial charge in [0.15, 0.2) is 6.29 Å². The molecule has 3 heteroatoms. The summed E-state index contributed by atoms with van der Waals surface area (Å²) in [6.07, 6.45) is 1.23. The fourth-order valence-electron chi connectivity index (χ4n) is 2.99. The predicted molar refractivity (Wildman–Crippen MR) is 89.6 cm³/mol. The molecule has 0 bridgehead atoms. The van der Waals surface area contributed by atoms with Crippen LogP contribution in [0, 0.1) is 24.2 Å². The number of rotatable bonds is 9. The van der Waals surface area contributed by atoms with Gasteiger partial charge in [-0.25, -0.2) is 0 Å². The van der Waals surface area contributed by atoms with Crippen LogP contribution in [0.2, 0.25) is 0 Å². The van der Waals surface area contributed by atoms with Gasteiger partial charge in [-0.1, -0.05) is 38.1 Å². The second-order valence-corrected chi connectivity index (χ2v) is 5.93. The normalized spacial score (nSPS) is 14.1. The molecule has 0 N–H and O–H groups in total. The van der Waals surface area contributed by atoms with Crippen LogP contribution in [0.25, 0.3) is 0 Å². The molecule has 1 unspecified atom stereocenters. The van der Waals surface area contributed by atoms with Gasteiger partial charge < -0.3 is 9.47 Å². The highest BCUT2D eigenvalue weighted by Gasteiger charge is 2.37. The fourth-order valence-corrected chi connectivity index (χ4v) is 2.99. The van der Waals surface area contributed by atoms with Crippen molar-refractivity contribution in [3.8, 4) is 6.07 Å². The molecule has 0 radical (unpaired) electrons. The number of aryl methyl sites for hydroxylation is 1. The molecule has 3 nitrogen and oxygen atoms in total. The maximum absolute atomic E-state index is 9.97. The summed E-state index contributed by atoms with van der Waals surface area (Å²) < 4.78 is 11.3. The number of hydrogen-bond donors (Lipinski definition) is 0. The summed E-state index contributed by atoms with van der Waals surface area (Å²) in [6, 6.07) is 10.8. The van der Waals surface area contributed by atoms with Gasteiger partial charge in [-0.05, 0) is 44.2 Å². The maximum atomic E-state index is 9.97. The van der Waals surface area contributed by atoms with E-state index >= 15 is 0 Å². The van der Waals surface area contributed by atoms with Crippen molar-refractivity contribution in [2.45, 2.75) is 59.2 Å². The van der Waals surface area contributed by atoms with E-state index in [4.69, 9.17) is 9.47 Å². The molecule has 0 heterocycles. The van der Waals surface area contributed by atoms with Gasteiger partial charge in [-0.15, -0.1) is 0 Å². The number of nitriles is 1. The number of hydrogen-bond acceptors (Lipinski definition) is 3. The summed E-state index contributed by atoms with van der Waals surface area (Å²) in [5.74, 6) is 0.225. The zero-order valence-electron chi connectivity index (χ0n) is 14.6. The fraction of sp³-hybridized carbons (Fsp3) is 0.632. The summed E-state index contributed by atoms with van der Waals surface area (Å²) in [5, 5.41) is 9.97. The van der Waals surface area contributed by atoms with E-state index in [1.807, 2.05) is 26.0 Å². The van der Waals surface area contributed by atoms with Crippen LogP contribution in [0.4, 0.5) is 0 Å². The first-order chi connectivity index (χ1) is 10.5. The minimum atomic E-state index is -0.502. The van der Waals surface area contributed by atoms with E-state index in [0.29, 0.717) is 13.2 Å². The molecule has 22 heavy (non-hydrogen) atoms. The van der Waals surface area contributed by atoms with Gasteiger partial charge >= 0.3 is 0 Å². The van der Waals surface area contributed by atoms with Gasteiger partial charge in [0.1, 0.15) is 0 Å². The van der Waals surface area contributed by atoms with Crippen molar-refractivity contribution in [2.75, 3.05) is 13.2 Å². The van der Waals surface area contributed by atoms with E-state index in [-0.39, 0.29) is 12.2 Å². The van der Waals surface area contributed by atoms with Gasteiger partial charge in [0, 0.05) is 19.6 Å². The largest absolute Gasteiger partial charge is 0.353 e. The molecule has 1 atom stereocenters. The molecule has 0 spiro atoms. The molecule has 1 rings (SSSR count). The summed E-state index contributed by atoms with van der Waals surface area (Å²) in [7, 11) is 0. The third-order valence-electron chi connectivity index (χ3n) is 4.29. The molecular weight excluding hydrogens is 274 g/mol. The van der Waals surface area contributed by atoms with Crippen molar-refractivity contribution in [3.63, 3.8) is 0 Å². The third kappa shape index (κ3) is 4.32. The van der Waals surface area contributed by atoms with E-state index in [0.717, 1.165) is 18.4 Å². The SMILES string of the molecule is CCOC(CCC(C#N)(c1ccccc1C)C(C)C)OCC. The molecule has 1 aromatic rings. The first kappa shape index (κ1) is 18.7. The molecule has 122 valence electrons. The molecule has 0 saturated carbocycles. The van der Waals surface area contributed by atoms with E-state index in [9.17, 15) is 5.26 Å². The molecule has 0 aliphatic rings. The highest BCUT2D eigenvalue weighted by molar-refractivity contribution is 5.39. The lowest BCUT2D eigenvalue weighted by atomic mass is 9.68. The lowest BCUT2D eigenvalue weighted by molar-refractivity contribution is -0.141. The average molecular weight is 303 g/mol. The van der Waals surface area contributed by atoms with E-state index in [1.165, 1.54) is 5.56 Å². The molecule has 0 saturated heterocycles. The molecule has 0 amide bonds. The van der Waals surface area contributed by atoms with Crippen molar-refractivity contribution in [2.24, 2.45) is 5.92 Å². The molecule has 0 aliphatic heterocycles. The monoisotopic (exact) mass is 303 g/mol. The number of benzene rings is 1. The van der Waals surface area contributed by atoms with E-state index in [2.05, 4.69) is 39.0 Å². The van der Waals surface area contributed by atoms with Crippen LogP contribution in [0.15, 0.2) is 24.3 Å². The Morgan fingerprint density at radius 1 is 1.14 bits per heavy atom. The molecule has 1 aromatic carbocycles. The minimum absolute atomic E-state index is 0.225. The Hall–Kier alpha value is -1.37. The Morgan fingerprint density at radius 3 is 2.18 bits per heavy atom. The van der Waals surface area contributed by atoms with Crippen LogP contribution in [-0.2, 0) is 14.9 Å². The summed E-state index contributed by atoms with van der Waals surface area (Å²) in [6.45, 7) is 11.5. The predicted octanol–water partition coefficient (Wildman–Crippen LogP) is 4.59. The number of nitrogens with zero attached hydrogens (tertiary/aromatic N) is 1. The molecule has 0 aliphatic carbocycles. The highest BCUT2D eigenvalue weighted by Crippen LogP contribution is 2.38. The minimum Gasteiger partial charge on any atom is -0.353 e. The van der Waals surface area contributed by atoms with Crippen LogP contribution in [-0.4, -0.2) is 19.5 Å². The first-order valence-electron chi connectivity index (χ1n) is 8.22. The van der Waals surface area contributed by atoms with E-state index < -0.39 is 5.41 Å². The van der Waals surface area contributed by atoms with Crippen LogP contribution in [0.5, 0.6) is 0 Å². The quantitative estimate of drug-likeness (QED) is 0.626. The molecule has 0 fully saturated rings. The molecule has 0 aromatic heterocycles. The van der Waals surface area contributed by atoms with Crippen LogP contribution >= 0.6 is 0 Å². The van der Waals surface area contributed by atoms with Gasteiger partial charge in [0.2, 0.25) is 0 Å². The second-order valence-electron chi connectivity index (χ2n) is 5.93. The van der Waals surface area contributed by atoms with Crippen molar-refractivity contribution < 1.29 is 9.47 Å². The lowest BCUT2D eigenvalue weighted by Crippen LogP contribution is -2.33. The second kappa shape index (κ2) is 8.92. The summed E-state index contributed by atoms with van der Waals surface area (Å²) in [4.78, 5) is 0. The van der Waals surface area contributed by atoms with Crippen molar-refractivity contribution in [3.05, 3.63) is 35.4 Å². The Bertz CT molecular complexity index is 486. The zero-order chi connectivity index (χ0) is 16.6. The first-order valence-corrected chi connectivity index (χ1v) is 8.22. The maximum Gasteiger partial charge on any atom is 0.157 e. The zero-order valence-corrected chi connectivity index (χ0v) is 14.6.